The van der Waals surface area contributed by atoms with Gasteiger partial charge in [-0.2, -0.15) is 9.97 Å². The van der Waals surface area contributed by atoms with Gasteiger partial charge in [-0.3, -0.25) is 29.6 Å². The van der Waals surface area contributed by atoms with Gasteiger partial charge in [-0.1, -0.05) is 13.0 Å². The summed E-state index contributed by atoms with van der Waals surface area (Å²) in [6.07, 6.45) is 7.89. The monoisotopic (exact) mass is 1020 g/mol. The summed E-state index contributed by atoms with van der Waals surface area (Å²) < 4.78 is 71.2. The van der Waals surface area contributed by atoms with Gasteiger partial charge in [0.05, 0.1) is 29.1 Å². The third-order valence-electron chi connectivity index (χ3n) is 16.9. The maximum Gasteiger partial charge on any atom is 0.319 e. The van der Waals surface area contributed by atoms with E-state index in [0.29, 0.717) is 111 Å². The summed E-state index contributed by atoms with van der Waals surface area (Å²) in [5.41, 5.74) is 3.62. The zero-order valence-electron chi connectivity index (χ0n) is 41.9. The number of halogens is 4. The maximum absolute atomic E-state index is 17.2. The number of phenolic OH excluding ortho intramolecular Hbond substituents is 1. The van der Waals surface area contributed by atoms with E-state index in [9.17, 15) is 24.6 Å². The number of imide groups is 1. The number of alkyl halides is 1. The van der Waals surface area contributed by atoms with Gasteiger partial charge in [-0.15, -0.1) is 0 Å². The number of ether oxygens (including phenoxy) is 1. The zero-order valence-corrected chi connectivity index (χ0v) is 41.9. The molecule has 6 fully saturated rings. The number of carbonyl (C=O) groups excluding carboxylic acids is 3. The van der Waals surface area contributed by atoms with Crippen LogP contribution in [0.15, 0.2) is 42.6 Å². The van der Waals surface area contributed by atoms with Crippen molar-refractivity contribution in [3.05, 3.63) is 76.7 Å². The first-order valence-corrected chi connectivity index (χ1v) is 26.1. The fourth-order valence-corrected chi connectivity index (χ4v) is 13.0. The van der Waals surface area contributed by atoms with Crippen LogP contribution in [0, 0.1) is 28.3 Å². The van der Waals surface area contributed by atoms with Crippen molar-refractivity contribution >= 4 is 50.9 Å². The number of β-amino-alcohol motifs (C(OH)–C–C–N with tert-alkyl or cyclic N) is 1. The molecule has 2 atom stereocenters. The molecule has 5 N–H and O–H groups in total. The number of benzene rings is 3. The predicted octanol–water partition coefficient (Wildman–Crippen LogP) is 7.07. The first-order valence-electron chi connectivity index (χ1n) is 26.1. The molecule has 3 aromatic carbocycles. The minimum Gasteiger partial charge on any atom is -0.508 e. The molecule has 15 nitrogen and oxygen atoms in total. The number of primary amides is 1. The number of hydrogen-bond donors (Lipinski definition) is 4. The minimum atomic E-state index is -1.32. The Balaban J connectivity index is 0.733. The molecule has 4 saturated heterocycles. The number of aromatic nitrogens is 3. The number of nitrogens with two attached hydrogens (primary N) is 1. The molecule has 0 bridgehead atoms. The van der Waals surface area contributed by atoms with Crippen LogP contribution in [-0.4, -0.2) is 136 Å². The molecule has 19 heteroatoms. The Morgan fingerprint density at radius 3 is 2.34 bits per heavy atom. The van der Waals surface area contributed by atoms with Crippen LogP contribution in [0.1, 0.15) is 105 Å². The number of anilines is 2. The summed E-state index contributed by atoms with van der Waals surface area (Å²) in [6, 6.07) is 8.75. The van der Waals surface area contributed by atoms with Crippen LogP contribution >= 0.6 is 0 Å². The second kappa shape index (κ2) is 18.9. The molecule has 11 rings (SSSR count). The zero-order chi connectivity index (χ0) is 51.9. The third kappa shape index (κ3) is 9.48. The van der Waals surface area contributed by atoms with E-state index < -0.39 is 52.4 Å². The molecule has 2 aromatic heterocycles. The van der Waals surface area contributed by atoms with Gasteiger partial charge in [-0.25, -0.2) is 17.6 Å². The molecule has 3 amide bonds. The van der Waals surface area contributed by atoms with Crippen molar-refractivity contribution < 1.29 is 46.9 Å². The fraction of sp³-hybridized carbons (Fsp3) is 0.527. The number of nitrogens with zero attached hydrogens (tertiary/aromatic N) is 7. The molecule has 6 aliphatic rings. The molecular formula is C55H63F4N9O6. The molecular weight excluding hydrogens is 959 g/mol. The van der Waals surface area contributed by atoms with Crippen LogP contribution in [0.4, 0.5) is 29.1 Å². The third-order valence-corrected chi connectivity index (χ3v) is 16.9. The summed E-state index contributed by atoms with van der Waals surface area (Å²) in [4.78, 5) is 59.3. The van der Waals surface area contributed by atoms with Crippen LogP contribution in [0.5, 0.6) is 11.8 Å². The van der Waals surface area contributed by atoms with Crippen molar-refractivity contribution in [3.63, 3.8) is 0 Å². The number of rotatable bonds is 13. The highest BCUT2D eigenvalue weighted by atomic mass is 19.1. The summed E-state index contributed by atoms with van der Waals surface area (Å²) >= 11 is 0. The smallest absolute Gasteiger partial charge is 0.319 e. The van der Waals surface area contributed by atoms with E-state index in [-0.39, 0.29) is 69.9 Å². The number of aliphatic hydroxyl groups is 1. The number of amides is 3. The number of piperazine rings is 1. The van der Waals surface area contributed by atoms with Crippen molar-refractivity contribution in [2.45, 2.75) is 102 Å². The van der Waals surface area contributed by atoms with Gasteiger partial charge < -0.3 is 35.4 Å². The topological polar surface area (TPSA) is 191 Å². The molecule has 0 unspecified atom stereocenters. The van der Waals surface area contributed by atoms with Gasteiger partial charge in [0.1, 0.15) is 40.1 Å². The van der Waals surface area contributed by atoms with Crippen LogP contribution in [0.25, 0.3) is 32.9 Å². The number of pyridine rings is 1. The normalized spacial score (nSPS) is 23.8. The lowest BCUT2D eigenvalue weighted by atomic mass is 9.55. The van der Waals surface area contributed by atoms with Gasteiger partial charge in [0, 0.05) is 87.2 Å². The Morgan fingerprint density at radius 1 is 0.905 bits per heavy atom. The van der Waals surface area contributed by atoms with Crippen LogP contribution in [0.2, 0.25) is 0 Å². The van der Waals surface area contributed by atoms with Crippen LogP contribution < -0.4 is 25.6 Å². The Hall–Kier alpha value is -6.18. The summed E-state index contributed by atoms with van der Waals surface area (Å²) in [7, 11) is 0. The van der Waals surface area contributed by atoms with Gasteiger partial charge in [0.25, 0.3) is 5.91 Å². The fourth-order valence-electron chi connectivity index (χ4n) is 13.0. The van der Waals surface area contributed by atoms with E-state index in [2.05, 4.69) is 25.1 Å². The molecule has 74 heavy (non-hydrogen) atoms. The summed E-state index contributed by atoms with van der Waals surface area (Å²) in [6.45, 7) is 9.44. The number of nitrogens with one attached hydrogen (secondary N) is 1. The van der Waals surface area contributed by atoms with Crippen molar-refractivity contribution in [2.24, 2.45) is 16.6 Å². The van der Waals surface area contributed by atoms with Crippen LogP contribution in [0.3, 0.4) is 0 Å². The molecule has 2 aliphatic carbocycles. The number of fused-ring (bicyclic) bond motifs is 2. The van der Waals surface area contributed by atoms with Crippen molar-refractivity contribution in [3.8, 4) is 23.0 Å². The van der Waals surface area contributed by atoms with E-state index in [1.54, 1.807) is 19.1 Å². The van der Waals surface area contributed by atoms with Crippen LogP contribution in [-0.2, 0) is 16.0 Å². The highest BCUT2D eigenvalue weighted by Crippen LogP contribution is 2.58. The molecule has 4 aliphatic heterocycles. The second-order valence-electron chi connectivity index (χ2n) is 22.6. The minimum absolute atomic E-state index is 0.00130. The van der Waals surface area contributed by atoms with Gasteiger partial charge in [0.2, 0.25) is 11.8 Å². The molecule has 6 heterocycles. The highest BCUT2D eigenvalue weighted by Gasteiger charge is 2.57. The van der Waals surface area contributed by atoms with E-state index in [1.165, 1.54) is 30.5 Å². The Labute approximate surface area is 426 Å². The van der Waals surface area contributed by atoms with Crippen molar-refractivity contribution in [1.29, 1.82) is 0 Å². The SMILES string of the molecule is CCc1c(F)ccc2cc(O)cc(-c3ncc4c(N5CCC[C@@](C)(O)C5)nc(OCC5(CN6CCC7(CC6)CC(F)(CN6CCN(c8ccc(C(N)=O)c(F)c8[C@@H]8CCC(=O)NC8=O)CC6)C7)CC5)nc4c3F)c12. The van der Waals surface area contributed by atoms with E-state index >= 15 is 17.6 Å². The molecule has 2 saturated carbocycles. The van der Waals surface area contributed by atoms with Crippen molar-refractivity contribution in [2.75, 3.05) is 81.9 Å². The van der Waals surface area contributed by atoms with Gasteiger partial charge in [0.15, 0.2) is 5.82 Å². The van der Waals surface area contributed by atoms with E-state index in [1.807, 2.05) is 16.7 Å². The number of hydrogen-bond acceptors (Lipinski definition) is 13. The highest BCUT2D eigenvalue weighted by molar-refractivity contribution is 6.03. The van der Waals surface area contributed by atoms with E-state index in [4.69, 9.17) is 15.5 Å². The molecule has 392 valence electrons. The molecule has 1 spiro atoms. The molecule has 0 radical (unpaired) electrons. The number of likely N-dealkylation sites (tertiary alicyclic amines) is 1. The molecule has 5 aromatic rings. The lowest BCUT2D eigenvalue weighted by Crippen LogP contribution is -2.60. The Morgan fingerprint density at radius 2 is 1.65 bits per heavy atom. The second-order valence-corrected chi connectivity index (χ2v) is 22.6. The first-order chi connectivity index (χ1) is 35.3. The number of aromatic hydroxyl groups is 1. The maximum atomic E-state index is 17.2. The number of carbonyl (C=O) groups is 3. The van der Waals surface area contributed by atoms with E-state index in [0.717, 1.165) is 45.3 Å². The average molecular weight is 1020 g/mol. The lowest BCUT2D eigenvalue weighted by Gasteiger charge is -2.57. The van der Waals surface area contributed by atoms with Gasteiger partial charge in [-0.05, 0) is 136 Å². The number of piperidine rings is 3. The number of phenols is 1. The predicted molar refractivity (Wildman–Crippen MR) is 270 cm³/mol. The van der Waals surface area contributed by atoms with Gasteiger partial charge >= 0.3 is 6.01 Å². The summed E-state index contributed by atoms with van der Waals surface area (Å²) in [5.74, 6) is -4.71. The number of aryl methyl sites for hydroxylation is 1. The Bertz CT molecular complexity index is 3070. The first kappa shape index (κ1) is 50.0. The lowest BCUT2D eigenvalue weighted by molar-refractivity contribution is -0.134. The standard InChI is InChI=1S/C55H63F4N9O6/c1-3-34-39(56)8-5-32-23-33(69)24-37(42(32)34)46-45(58)47-38(25-61-46)49(68-16-4-11-52(2,73)28-68)64-51(63-47)74-31-54(12-13-54)29-65-17-14-53(15-18-65)26-55(59,27-53)30-66-19-21-67(22-20-66)40-9-6-36(48(60)71)44(57)43(40)35-7-10-41(70)62-50(35)72/h5-6,8-9,23-25,35,69,73H,3-4,7,10-22,26-31H2,1-2H3,(H2,60,71)(H,62,70,72)/t35-,52+/m0/s1. The van der Waals surface area contributed by atoms with Crippen molar-refractivity contribution in [1.82, 2.24) is 30.1 Å². The quantitative estimate of drug-likeness (QED) is 0.0693. The summed E-state index contributed by atoms with van der Waals surface area (Å²) in [5, 5.41) is 25.5. The largest absolute Gasteiger partial charge is 0.508 e. The Kier molecular flexibility index (Phi) is 12.8. The average Bonchev–Trinajstić information content (AvgIpc) is 4.13.